The van der Waals surface area contributed by atoms with Crippen molar-refractivity contribution in [3.63, 3.8) is 0 Å². The predicted octanol–water partition coefficient (Wildman–Crippen LogP) is 2.00. The highest BCUT2D eigenvalue weighted by atomic mass is 16.2. The summed E-state index contributed by atoms with van der Waals surface area (Å²) in [6.45, 7) is 9.21. The third-order valence-electron chi connectivity index (χ3n) is 2.85. The van der Waals surface area contributed by atoms with Gasteiger partial charge in [-0.1, -0.05) is 27.7 Å². The Hall–Kier alpha value is -1.06. The van der Waals surface area contributed by atoms with Gasteiger partial charge in [0, 0.05) is 27.1 Å². The summed E-state index contributed by atoms with van der Waals surface area (Å²) in [5, 5.41) is 0. The van der Waals surface area contributed by atoms with Crippen LogP contribution in [0.3, 0.4) is 0 Å². The third kappa shape index (κ3) is 7.30. The van der Waals surface area contributed by atoms with Gasteiger partial charge in [0.25, 0.3) is 0 Å². The van der Waals surface area contributed by atoms with Gasteiger partial charge in [0.15, 0.2) is 0 Å². The molecular weight excluding hydrogens is 228 g/mol. The zero-order chi connectivity index (χ0) is 14.3. The average molecular weight is 256 g/mol. The molecule has 0 saturated heterocycles. The molecule has 0 N–H and O–H groups in total. The lowest BCUT2D eigenvalue weighted by molar-refractivity contribution is -0.139. The Morgan fingerprint density at radius 3 is 1.89 bits per heavy atom. The normalized spacial score (nSPS) is 10.9. The van der Waals surface area contributed by atoms with Crippen LogP contribution in [-0.4, -0.2) is 48.8 Å². The molecular formula is C14H28N2O2. The maximum Gasteiger partial charge on any atom is 0.241 e. The lowest BCUT2D eigenvalue weighted by Gasteiger charge is -2.23. The van der Waals surface area contributed by atoms with Crippen LogP contribution >= 0.6 is 0 Å². The van der Waals surface area contributed by atoms with Crippen LogP contribution in [0.25, 0.3) is 0 Å². The predicted molar refractivity (Wildman–Crippen MR) is 74.2 cm³/mol. The summed E-state index contributed by atoms with van der Waals surface area (Å²) in [6.07, 6.45) is 1.49. The monoisotopic (exact) mass is 256 g/mol. The minimum absolute atomic E-state index is 0.00950. The molecule has 0 aliphatic carbocycles. The Bertz CT molecular complexity index is 275. The van der Waals surface area contributed by atoms with Crippen molar-refractivity contribution in [2.45, 2.75) is 40.5 Å². The molecule has 18 heavy (non-hydrogen) atoms. The molecule has 0 aliphatic rings. The summed E-state index contributed by atoms with van der Waals surface area (Å²) in [4.78, 5) is 26.9. The highest BCUT2D eigenvalue weighted by Crippen LogP contribution is 2.04. The van der Waals surface area contributed by atoms with Crippen molar-refractivity contribution in [1.82, 2.24) is 9.80 Å². The molecule has 0 aromatic heterocycles. The highest BCUT2D eigenvalue weighted by molar-refractivity contribution is 5.84. The van der Waals surface area contributed by atoms with E-state index in [1.807, 2.05) is 13.8 Å². The van der Waals surface area contributed by atoms with Crippen LogP contribution in [0.4, 0.5) is 0 Å². The molecule has 0 fully saturated rings. The highest BCUT2D eigenvalue weighted by Gasteiger charge is 2.16. The molecule has 0 atom stereocenters. The van der Waals surface area contributed by atoms with E-state index in [0.717, 1.165) is 13.0 Å². The molecule has 0 aromatic carbocycles. The smallest absolute Gasteiger partial charge is 0.241 e. The Morgan fingerprint density at radius 2 is 1.44 bits per heavy atom. The molecule has 0 aliphatic heterocycles. The Labute approximate surface area is 111 Å². The number of carbonyl (C=O) groups is 2. The molecule has 4 heteroatoms. The molecule has 0 heterocycles. The van der Waals surface area contributed by atoms with Gasteiger partial charge in [0.1, 0.15) is 0 Å². The van der Waals surface area contributed by atoms with Gasteiger partial charge in [-0.05, 0) is 18.3 Å². The summed E-state index contributed by atoms with van der Waals surface area (Å²) in [5.74, 6) is 0.958. The molecule has 0 unspecified atom stereocenters. The van der Waals surface area contributed by atoms with Gasteiger partial charge in [-0.25, -0.2) is 0 Å². The lowest BCUT2D eigenvalue weighted by atomic mass is 10.1. The second-order valence-electron chi connectivity index (χ2n) is 5.85. The minimum atomic E-state index is 0.00950. The first-order valence-electron chi connectivity index (χ1n) is 6.72. The zero-order valence-electron chi connectivity index (χ0n) is 12.7. The van der Waals surface area contributed by atoms with Crippen molar-refractivity contribution >= 4 is 11.8 Å². The van der Waals surface area contributed by atoms with E-state index < -0.39 is 0 Å². The fourth-order valence-corrected chi connectivity index (χ4v) is 1.49. The van der Waals surface area contributed by atoms with Crippen molar-refractivity contribution in [3.05, 3.63) is 0 Å². The number of amides is 2. The topological polar surface area (TPSA) is 40.6 Å². The lowest BCUT2D eigenvalue weighted by Crippen LogP contribution is -2.40. The van der Waals surface area contributed by atoms with Crippen LogP contribution in [0.15, 0.2) is 0 Å². The molecule has 106 valence electrons. The maximum atomic E-state index is 11.9. The van der Waals surface area contributed by atoms with Crippen LogP contribution < -0.4 is 0 Å². The van der Waals surface area contributed by atoms with Crippen molar-refractivity contribution in [1.29, 1.82) is 0 Å². The van der Waals surface area contributed by atoms with Gasteiger partial charge >= 0.3 is 0 Å². The van der Waals surface area contributed by atoms with Gasteiger partial charge in [0.2, 0.25) is 11.8 Å². The number of nitrogens with zero attached hydrogens (tertiary/aromatic N) is 2. The summed E-state index contributed by atoms with van der Waals surface area (Å²) < 4.78 is 0. The van der Waals surface area contributed by atoms with Crippen LogP contribution in [0.5, 0.6) is 0 Å². The van der Waals surface area contributed by atoms with Crippen LogP contribution in [0.2, 0.25) is 0 Å². The standard InChI is InChI=1S/C14H28N2O2/c1-11(2)7-8-15(5)14(18)10-16(6)13(17)9-12(3)4/h11-12H,7-10H2,1-6H3. The molecule has 4 nitrogen and oxygen atoms in total. The number of carbonyl (C=O) groups excluding carboxylic acids is 2. The van der Waals surface area contributed by atoms with E-state index in [9.17, 15) is 9.59 Å². The molecule has 0 bridgehead atoms. The van der Waals surface area contributed by atoms with E-state index in [2.05, 4.69) is 13.8 Å². The number of hydrogen-bond acceptors (Lipinski definition) is 2. The zero-order valence-corrected chi connectivity index (χ0v) is 12.7. The summed E-state index contributed by atoms with van der Waals surface area (Å²) in [5.41, 5.74) is 0. The third-order valence-corrected chi connectivity index (χ3v) is 2.85. The van der Waals surface area contributed by atoms with Gasteiger partial charge in [0.05, 0.1) is 6.54 Å². The van der Waals surface area contributed by atoms with Crippen LogP contribution in [-0.2, 0) is 9.59 Å². The van der Waals surface area contributed by atoms with Gasteiger partial charge in [-0.15, -0.1) is 0 Å². The second-order valence-corrected chi connectivity index (χ2v) is 5.85. The Balaban J connectivity index is 4.09. The van der Waals surface area contributed by atoms with Crippen molar-refractivity contribution in [2.24, 2.45) is 11.8 Å². The first-order valence-corrected chi connectivity index (χ1v) is 6.72. The summed E-state index contributed by atoms with van der Waals surface area (Å²) >= 11 is 0. The first kappa shape index (κ1) is 16.9. The number of likely N-dealkylation sites (N-methyl/N-ethyl adjacent to an activating group) is 2. The molecule has 2 amide bonds. The van der Waals surface area contributed by atoms with Gasteiger partial charge < -0.3 is 9.80 Å². The second kappa shape index (κ2) is 8.11. The van der Waals surface area contributed by atoms with Gasteiger partial charge in [-0.2, -0.15) is 0 Å². The van der Waals surface area contributed by atoms with E-state index in [-0.39, 0.29) is 18.4 Å². The molecule has 0 rings (SSSR count). The quantitative estimate of drug-likeness (QED) is 0.699. The van der Waals surface area contributed by atoms with Crippen molar-refractivity contribution < 1.29 is 9.59 Å². The maximum absolute atomic E-state index is 11.9. The van der Waals surface area contributed by atoms with E-state index >= 15 is 0 Å². The van der Waals surface area contributed by atoms with E-state index in [4.69, 9.17) is 0 Å². The van der Waals surface area contributed by atoms with Crippen molar-refractivity contribution in [2.75, 3.05) is 27.2 Å². The average Bonchev–Trinajstić information content (AvgIpc) is 2.24. The molecule has 0 radical (unpaired) electrons. The van der Waals surface area contributed by atoms with E-state index in [1.165, 1.54) is 4.90 Å². The fourth-order valence-electron chi connectivity index (χ4n) is 1.49. The molecule has 0 spiro atoms. The number of rotatable bonds is 7. The Kier molecular flexibility index (Phi) is 7.64. The largest absolute Gasteiger partial charge is 0.344 e. The first-order chi connectivity index (χ1) is 8.23. The molecule has 0 aromatic rings. The SMILES string of the molecule is CC(C)CCN(C)C(=O)CN(C)C(=O)CC(C)C. The van der Waals surface area contributed by atoms with E-state index in [0.29, 0.717) is 18.3 Å². The minimum Gasteiger partial charge on any atom is -0.344 e. The van der Waals surface area contributed by atoms with Gasteiger partial charge in [-0.3, -0.25) is 9.59 Å². The summed E-state index contributed by atoms with van der Waals surface area (Å²) in [6, 6.07) is 0. The summed E-state index contributed by atoms with van der Waals surface area (Å²) in [7, 11) is 3.49. The molecule has 0 saturated carbocycles. The van der Waals surface area contributed by atoms with Crippen LogP contribution in [0, 0.1) is 11.8 Å². The van der Waals surface area contributed by atoms with E-state index in [1.54, 1.807) is 19.0 Å². The Morgan fingerprint density at radius 1 is 0.889 bits per heavy atom. The van der Waals surface area contributed by atoms with Crippen LogP contribution in [0.1, 0.15) is 40.5 Å². The van der Waals surface area contributed by atoms with Crippen molar-refractivity contribution in [3.8, 4) is 0 Å². The fraction of sp³-hybridized carbons (Fsp3) is 0.857. The number of hydrogen-bond donors (Lipinski definition) is 0.